The number of hydrogen-bond acceptors (Lipinski definition) is 3. The number of nitro benzene ring substituents is 1. The number of rotatable bonds is 2. The second kappa shape index (κ2) is 5.67. The molecule has 0 aliphatic carbocycles. The number of carboxylic acids is 1. The van der Waals surface area contributed by atoms with Gasteiger partial charge in [-0.2, -0.15) is 0 Å². The van der Waals surface area contributed by atoms with Gasteiger partial charge in [-0.3, -0.25) is 10.1 Å². The van der Waals surface area contributed by atoms with Crippen LogP contribution in [0.15, 0.2) is 12.1 Å². The Morgan fingerprint density at radius 1 is 1.33 bits per heavy atom. The molecule has 1 N–H and O–H groups in total. The molecule has 0 bridgehead atoms. The molecule has 0 saturated heterocycles. The average molecular weight is 259 g/mol. The fraction of sp³-hybridized carbons (Fsp3) is 0. The second-order valence-electron chi connectivity index (χ2n) is 2.35. The monoisotopic (exact) mass is 258 g/mol. The Bertz CT molecular complexity index is 400. The molecule has 1 aromatic carbocycles. The molecule has 0 spiro atoms. The minimum atomic E-state index is -1.32. The van der Waals surface area contributed by atoms with Gasteiger partial charge in [0.05, 0.1) is 20.5 Å². The number of nitrogens with zero attached hydrogens (tertiary/aromatic N) is 1. The molecule has 1 aromatic rings. The molecule has 0 aliphatic heterocycles. The molecule has 0 radical (unpaired) electrons. The molecule has 5 nitrogen and oxygen atoms in total. The predicted molar refractivity (Wildman–Crippen MR) is 50.1 cm³/mol. The van der Waals surface area contributed by atoms with E-state index in [1.54, 1.807) is 0 Å². The maximum Gasteiger partial charge on any atom is 1.00 e. The number of non-ortho nitro benzene ring substituents is 1. The molecule has 8 heteroatoms. The van der Waals surface area contributed by atoms with Crippen molar-refractivity contribution >= 4 is 34.9 Å². The van der Waals surface area contributed by atoms with E-state index in [2.05, 4.69) is 0 Å². The molecule has 0 atom stereocenters. The van der Waals surface area contributed by atoms with Gasteiger partial charge in [-0.1, -0.05) is 23.2 Å². The maximum atomic E-state index is 10.6. The smallest absolute Gasteiger partial charge is 0.478 e. The van der Waals surface area contributed by atoms with Crippen LogP contribution < -0.4 is 29.6 Å². The maximum absolute atomic E-state index is 10.6. The van der Waals surface area contributed by atoms with E-state index in [-0.39, 0.29) is 50.9 Å². The van der Waals surface area contributed by atoms with Crippen molar-refractivity contribution < 1.29 is 44.4 Å². The van der Waals surface area contributed by atoms with Crippen molar-refractivity contribution in [2.75, 3.05) is 0 Å². The van der Waals surface area contributed by atoms with Gasteiger partial charge in [0.1, 0.15) is 0 Å². The first-order chi connectivity index (χ1) is 6.43. The van der Waals surface area contributed by atoms with Gasteiger partial charge in [0.15, 0.2) is 0 Å². The summed E-state index contributed by atoms with van der Waals surface area (Å²) in [5.74, 6) is -1.32. The van der Waals surface area contributed by atoms with Gasteiger partial charge in [0.2, 0.25) is 0 Å². The normalized spacial score (nSPS) is 9.20. The van der Waals surface area contributed by atoms with Gasteiger partial charge >= 0.3 is 35.5 Å². The van der Waals surface area contributed by atoms with Gasteiger partial charge in [0, 0.05) is 12.1 Å². The van der Waals surface area contributed by atoms with E-state index >= 15 is 0 Å². The topological polar surface area (TPSA) is 80.4 Å². The fourth-order valence-electron chi connectivity index (χ4n) is 0.869. The third-order valence-electron chi connectivity index (χ3n) is 1.45. The Hall–Kier alpha value is -0.330. The SMILES string of the molecule is O=C(O)c1c(Cl)cc([N+](=O)[O-])cc1Cl.[Na+]. The van der Waals surface area contributed by atoms with Crippen molar-refractivity contribution in [3.8, 4) is 0 Å². The molecular formula is C7H3Cl2NNaO4+. The van der Waals surface area contributed by atoms with Crippen molar-refractivity contribution in [2.24, 2.45) is 0 Å². The van der Waals surface area contributed by atoms with Gasteiger partial charge < -0.3 is 5.11 Å². The van der Waals surface area contributed by atoms with Crippen LogP contribution in [0.25, 0.3) is 0 Å². The van der Waals surface area contributed by atoms with Crippen LogP contribution in [-0.2, 0) is 0 Å². The quantitative estimate of drug-likeness (QED) is 0.445. The Labute approximate surface area is 116 Å². The molecule has 1 rings (SSSR count). The molecule has 0 unspecified atom stereocenters. The first-order valence-corrected chi connectivity index (χ1v) is 4.06. The molecular weight excluding hydrogens is 256 g/mol. The molecule has 0 saturated carbocycles. The third-order valence-corrected chi connectivity index (χ3v) is 2.05. The first kappa shape index (κ1) is 14.7. The van der Waals surface area contributed by atoms with Crippen LogP contribution in [0.2, 0.25) is 10.0 Å². The summed E-state index contributed by atoms with van der Waals surface area (Å²) < 4.78 is 0. The Balaban J connectivity index is 0.00000196. The fourth-order valence-corrected chi connectivity index (χ4v) is 1.51. The number of aromatic carboxylic acids is 1. The molecule has 0 heterocycles. The zero-order valence-electron chi connectivity index (χ0n) is 7.53. The summed E-state index contributed by atoms with van der Waals surface area (Å²) in [6, 6.07) is 1.88. The molecule has 0 aliphatic rings. The predicted octanol–water partition coefficient (Wildman–Crippen LogP) is -0.396. The first-order valence-electron chi connectivity index (χ1n) is 3.30. The average Bonchev–Trinajstić information content (AvgIpc) is 2.01. The second-order valence-corrected chi connectivity index (χ2v) is 3.16. The minimum absolute atomic E-state index is 0. The Kier molecular flexibility index (Phi) is 5.55. The van der Waals surface area contributed by atoms with Crippen LogP contribution in [-0.4, -0.2) is 16.0 Å². The molecule has 0 amide bonds. The summed E-state index contributed by atoms with van der Waals surface area (Å²) in [5.41, 5.74) is -0.677. The van der Waals surface area contributed by atoms with Gasteiger partial charge in [-0.25, -0.2) is 4.79 Å². The molecule has 0 fully saturated rings. The standard InChI is InChI=1S/C7H3Cl2NO4.Na/c8-4-1-3(10(13)14)2-5(9)6(4)7(11)12;/h1-2H,(H,11,12);/q;+1. The molecule has 0 aromatic heterocycles. The number of carbonyl (C=O) groups is 1. The van der Waals surface area contributed by atoms with Crippen LogP contribution >= 0.6 is 23.2 Å². The Morgan fingerprint density at radius 2 is 1.73 bits per heavy atom. The van der Waals surface area contributed by atoms with Gasteiger partial charge in [-0.15, -0.1) is 0 Å². The number of nitro groups is 1. The van der Waals surface area contributed by atoms with E-state index in [1.807, 2.05) is 0 Å². The van der Waals surface area contributed by atoms with Crippen molar-refractivity contribution in [1.82, 2.24) is 0 Å². The summed E-state index contributed by atoms with van der Waals surface area (Å²) in [5, 5.41) is 18.5. The van der Waals surface area contributed by atoms with Crippen LogP contribution in [0.4, 0.5) is 5.69 Å². The number of hydrogen-bond donors (Lipinski definition) is 1. The van der Waals surface area contributed by atoms with Gasteiger partial charge in [-0.05, 0) is 0 Å². The van der Waals surface area contributed by atoms with E-state index < -0.39 is 10.9 Å². The molecule has 74 valence electrons. The van der Waals surface area contributed by atoms with Crippen LogP contribution in [0, 0.1) is 10.1 Å². The third kappa shape index (κ3) is 3.32. The molecule has 15 heavy (non-hydrogen) atoms. The van der Waals surface area contributed by atoms with Crippen molar-refractivity contribution in [2.45, 2.75) is 0 Å². The van der Waals surface area contributed by atoms with Crippen molar-refractivity contribution in [3.05, 3.63) is 37.9 Å². The largest absolute Gasteiger partial charge is 1.00 e. The van der Waals surface area contributed by atoms with Crippen LogP contribution in [0.3, 0.4) is 0 Å². The van der Waals surface area contributed by atoms with E-state index in [1.165, 1.54) is 0 Å². The number of halogens is 2. The van der Waals surface area contributed by atoms with E-state index in [4.69, 9.17) is 28.3 Å². The van der Waals surface area contributed by atoms with E-state index in [0.29, 0.717) is 0 Å². The van der Waals surface area contributed by atoms with Crippen LogP contribution in [0.5, 0.6) is 0 Å². The summed E-state index contributed by atoms with van der Waals surface area (Å²) in [4.78, 5) is 20.2. The summed E-state index contributed by atoms with van der Waals surface area (Å²) in [7, 11) is 0. The summed E-state index contributed by atoms with van der Waals surface area (Å²) in [6.45, 7) is 0. The van der Waals surface area contributed by atoms with E-state index in [0.717, 1.165) is 12.1 Å². The zero-order valence-corrected chi connectivity index (χ0v) is 11.0. The van der Waals surface area contributed by atoms with Gasteiger partial charge in [0.25, 0.3) is 5.69 Å². The summed E-state index contributed by atoms with van der Waals surface area (Å²) >= 11 is 11.0. The summed E-state index contributed by atoms with van der Waals surface area (Å²) in [6.07, 6.45) is 0. The van der Waals surface area contributed by atoms with E-state index in [9.17, 15) is 14.9 Å². The minimum Gasteiger partial charge on any atom is -0.478 e. The number of benzene rings is 1. The van der Waals surface area contributed by atoms with Crippen molar-refractivity contribution in [3.63, 3.8) is 0 Å². The van der Waals surface area contributed by atoms with Crippen molar-refractivity contribution in [1.29, 1.82) is 0 Å². The van der Waals surface area contributed by atoms with Crippen LogP contribution in [0.1, 0.15) is 10.4 Å². The Morgan fingerprint density at radius 3 is 2.00 bits per heavy atom. The number of carboxylic acid groups (broad SMARTS) is 1. The zero-order chi connectivity index (χ0) is 10.9.